The van der Waals surface area contributed by atoms with Gasteiger partial charge in [0.05, 0.1) is 0 Å². The monoisotopic (exact) mass is 252 g/mol. The van der Waals surface area contributed by atoms with Gasteiger partial charge < -0.3 is 10.0 Å². The van der Waals surface area contributed by atoms with Gasteiger partial charge in [-0.15, -0.1) is 0 Å². The summed E-state index contributed by atoms with van der Waals surface area (Å²) in [5.74, 6) is -3.50. The SMILES string of the molecule is OB(O)c1ccccc1-c1cc(F)cc(F)c1F. The highest BCUT2D eigenvalue weighted by Crippen LogP contribution is 2.24. The zero-order valence-electron chi connectivity index (χ0n) is 9.07. The number of rotatable bonds is 2. The fourth-order valence-electron chi connectivity index (χ4n) is 1.72. The second-order valence-corrected chi connectivity index (χ2v) is 3.71. The number of benzene rings is 2. The van der Waals surface area contributed by atoms with Crippen LogP contribution >= 0.6 is 0 Å². The van der Waals surface area contributed by atoms with Gasteiger partial charge in [-0.05, 0) is 17.1 Å². The van der Waals surface area contributed by atoms with E-state index in [9.17, 15) is 13.2 Å². The van der Waals surface area contributed by atoms with Gasteiger partial charge in [-0.2, -0.15) is 0 Å². The van der Waals surface area contributed by atoms with E-state index in [1.807, 2.05) is 0 Å². The third-order valence-corrected chi connectivity index (χ3v) is 2.52. The van der Waals surface area contributed by atoms with Crippen molar-refractivity contribution in [2.24, 2.45) is 0 Å². The van der Waals surface area contributed by atoms with Crippen LogP contribution in [-0.4, -0.2) is 17.2 Å². The average Bonchev–Trinajstić information content (AvgIpc) is 2.33. The molecule has 0 aliphatic rings. The maximum absolute atomic E-state index is 13.6. The Morgan fingerprint density at radius 3 is 2.22 bits per heavy atom. The molecule has 0 aromatic heterocycles. The molecule has 2 aromatic rings. The highest BCUT2D eigenvalue weighted by Gasteiger charge is 2.20. The summed E-state index contributed by atoms with van der Waals surface area (Å²) in [6.45, 7) is 0. The van der Waals surface area contributed by atoms with Crippen molar-refractivity contribution in [3.8, 4) is 11.1 Å². The van der Waals surface area contributed by atoms with Crippen LogP contribution < -0.4 is 5.46 Å². The lowest BCUT2D eigenvalue weighted by molar-refractivity contribution is 0.426. The predicted molar refractivity (Wildman–Crippen MR) is 61.6 cm³/mol. The molecule has 2 aromatic carbocycles. The molecule has 0 aliphatic heterocycles. The molecule has 2 N–H and O–H groups in total. The zero-order chi connectivity index (χ0) is 13.3. The Hall–Kier alpha value is -1.79. The van der Waals surface area contributed by atoms with Crippen molar-refractivity contribution in [1.29, 1.82) is 0 Å². The lowest BCUT2D eigenvalue weighted by Gasteiger charge is -2.10. The van der Waals surface area contributed by atoms with Gasteiger partial charge in [-0.1, -0.05) is 24.3 Å². The van der Waals surface area contributed by atoms with Crippen LogP contribution in [0.2, 0.25) is 0 Å². The maximum Gasteiger partial charge on any atom is 0.489 e. The Morgan fingerprint density at radius 1 is 0.889 bits per heavy atom. The molecule has 0 saturated carbocycles. The van der Waals surface area contributed by atoms with Gasteiger partial charge in [0.25, 0.3) is 0 Å². The fraction of sp³-hybridized carbons (Fsp3) is 0. The third-order valence-electron chi connectivity index (χ3n) is 2.52. The Labute approximate surface area is 101 Å². The van der Waals surface area contributed by atoms with Crippen LogP contribution in [0.25, 0.3) is 11.1 Å². The van der Waals surface area contributed by atoms with Crippen LogP contribution in [0.15, 0.2) is 36.4 Å². The molecule has 0 atom stereocenters. The van der Waals surface area contributed by atoms with Crippen molar-refractivity contribution in [2.45, 2.75) is 0 Å². The molecule has 18 heavy (non-hydrogen) atoms. The Kier molecular flexibility index (Phi) is 3.40. The van der Waals surface area contributed by atoms with Crippen LogP contribution in [0.3, 0.4) is 0 Å². The first kappa shape index (κ1) is 12.7. The van der Waals surface area contributed by atoms with Crippen molar-refractivity contribution in [1.82, 2.24) is 0 Å². The summed E-state index contributed by atoms with van der Waals surface area (Å²) in [5.41, 5.74) is -0.346. The molecule has 0 fully saturated rings. The van der Waals surface area contributed by atoms with Crippen LogP contribution in [-0.2, 0) is 0 Å². The van der Waals surface area contributed by atoms with Crippen molar-refractivity contribution < 1.29 is 23.2 Å². The first-order valence-corrected chi connectivity index (χ1v) is 5.10. The zero-order valence-corrected chi connectivity index (χ0v) is 9.07. The van der Waals surface area contributed by atoms with Gasteiger partial charge in [0.1, 0.15) is 5.82 Å². The maximum atomic E-state index is 13.6. The lowest BCUT2D eigenvalue weighted by Crippen LogP contribution is -2.31. The van der Waals surface area contributed by atoms with E-state index in [0.717, 1.165) is 6.07 Å². The molecule has 2 nitrogen and oxygen atoms in total. The molecular weight excluding hydrogens is 244 g/mol. The number of hydrogen-bond acceptors (Lipinski definition) is 2. The second-order valence-electron chi connectivity index (χ2n) is 3.71. The molecule has 0 bridgehead atoms. The van der Waals surface area contributed by atoms with E-state index in [4.69, 9.17) is 10.0 Å². The van der Waals surface area contributed by atoms with Crippen LogP contribution in [0.4, 0.5) is 13.2 Å². The molecule has 0 radical (unpaired) electrons. The van der Waals surface area contributed by atoms with Gasteiger partial charge in [-0.25, -0.2) is 13.2 Å². The van der Waals surface area contributed by atoms with Crippen LogP contribution in [0, 0.1) is 17.5 Å². The molecule has 0 heterocycles. The Balaban J connectivity index is 2.69. The number of halogens is 3. The van der Waals surface area contributed by atoms with Crippen molar-refractivity contribution >= 4 is 12.6 Å². The fourth-order valence-corrected chi connectivity index (χ4v) is 1.72. The first-order valence-electron chi connectivity index (χ1n) is 5.10. The van der Waals surface area contributed by atoms with E-state index in [0.29, 0.717) is 6.07 Å². The standard InChI is InChI=1S/C12H8BF3O2/c14-7-5-9(12(16)11(15)6-7)8-3-1-2-4-10(8)13(17)18/h1-6,17-18H. The molecule has 0 unspecified atom stereocenters. The smallest absolute Gasteiger partial charge is 0.423 e. The average molecular weight is 252 g/mol. The molecular formula is C12H8BF3O2. The minimum atomic E-state index is -1.85. The van der Waals surface area contributed by atoms with E-state index >= 15 is 0 Å². The molecule has 0 amide bonds. The molecule has 0 aliphatic carbocycles. The minimum absolute atomic E-state index is 0.0265. The molecule has 0 spiro atoms. The molecule has 92 valence electrons. The van der Waals surface area contributed by atoms with E-state index in [1.165, 1.54) is 24.3 Å². The van der Waals surface area contributed by atoms with Gasteiger partial charge in [0.15, 0.2) is 11.6 Å². The van der Waals surface area contributed by atoms with Gasteiger partial charge in [0.2, 0.25) is 0 Å². The van der Waals surface area contributed by atoms with Crippen LogP contribution in [0.5, 0.6) is 0 Å². The summed E-state index contributed by atoms with van der Waals surface area (Å²) < 4.78 is 39.8. The largest absolute Gasteiger partial charge is 0.489 e. The van der Waals surface area contributed by atoms with Gasteiger partial charge in [0, 0.05) is 11.6 Å². The highest BCUT2D eigenvalue weighted by molar-refractivity contribution is 6.60. The summed E-state index contributed by atoms with van der Waals surface area (Å²) in [5, 5.41) is 18.3. The van der Waals surface area contributed by atoms with Crippen molar-refractivity contribution in [3.05, 3.63) is 53.8 Å². The first-order chi connectivity index (χ1) is 8.50. The van der Waals surface area contributed by atoms with Crippen molar-refractivity contribution in [2.75, 3.05) is 0 Å². The van der Waals surface area contributed by atoms with Gasteiger partial charge >= 0.3 is 7.12 Å². The predicted octanol–water partition coefficient (Wildman–Crippen LogP) is 1.45. The highest BCUT2D eigenvalue weighted by atomic mass is 19.2. The van der Waals surface area contributed by atoms with Crippen molar-refractivity contribution in [3.63, 3.8) is 0 Å². The molecule has 0 saturated heterocycles. The summed E-state index contributed by atoms with van der Waals surface area (Å²) in [7, 11) is -1.85. The van der Waals surface area contributed by atoms with E-state index in [-0.39, 0.29) is 16.6 Å². The minimum Gasteiger partial charge on any atom is -0.423 e. The van der Waals surface area contributed by atoms with Gasteiger partial charge in [-0.3, -0.25) is 0 Å². The number of hydrogen-bond donors (Lipinski definition) is 2. The normalized spacial score (nSPS) is 10.5. The summed E-state index contributed by atoms with van der Waals surface area (Å²) in [4.78, 5) is 0. The summed E-state index contributed by atoms with van der Waals surface area (Å²) >= 11 is 0. The topological polar surface area (TPSA) is 40.5 Å². The Bertz CT molecular complexity index is 588. The lowest BCUT2D eigenvalue weighted by atomic mass is 9.75. The molecule has 6 heteroatoms. The third kappa shape index (κ3) is 2.25. The van der Waals surface area contributed by atoms with E-state index < -0.39 is 24.6 Å². The van der Waals surface area contributed by atoms with E-state index in [2.05, 4.69) is 0 Å². The summed E-state index contributed by atoms with van der Waals surface area (Å²) in [6.07, 6.45) is 0. The Morgan fingerprint density at radius 2 is 1.56 bits per heavy atom. The second kappa shape index (κ2) is 4.84. The quantitative estimate of drug-likeness (QED) is 0.627. The van der Waals surface area contributed by atoms with Crippen LogP contribution in [0.1, 0.15) is 0 Å². The van der Waals surface area contributed by atoms with E-state index in [1.54, 1.807) is 0 Å². The summed E-state index contributed by atoms with van der Waals surface area (Å²) in [6, 6.07) is 6.93. The molecule has 2 rings (SSSR count).